The number of hydrogen-bond donors (Lipinski definition) is 3. The average molecular weight is 289 g/mol. The van der Waals surface area contributed by atoms with Crippen molar-refractivity contribution in [1.29, 1.82) is 0 Å². The Bertz CT molecular complexity index is 502. The zero-order valence-corrected chi connectivity index (χ0v) is 10.8. The molecule has 0 atom stereocenters. The smallest absolute Gasteiger partial charge is 0.270 e. The molecule has 0 aliphatic rings. The summed E-state index contributed by atoms with van der Waals surface area (Å²) in [6.07, 6.45) is 0. The lowest BCUT2D eigenvalue weighted by Crippen LogP contribution is -2.51. The van der Waals surface area contributed by atoms with E-state index in [1.807, 2.05) is 0 Å². The predicted octanol–water partition coefficient (Wildman–Crippen LogP) is 0.721. The number of nitro groups is 1. The number of nitro benzene ring substituents is 1. The first kappa shape index (κ1) is 15.4. The van der Waals surface area contributed by atoms with Crippen LogP contribution in [0.3, 0.4) is 0 Å². The largest absolute Gasteiger partial charge is 0.394 e. The summed E-state index contributed by atoms with van der Waals surface area (Å²) in [6.45, 7) is 0.532. The van der Waals surface area contributed by atoms with Gasteiger partial charge >= 0.3 is 0 Å². The Labute approximate surface area is 114 Å². The number of carbonyl (C=O) groups excluding carboxylic acids is 1. The molecular weight excluding hydrogens is 276 g/mol. The third kappa shape index (κ3) is 3.63. The molecule has 3 N–H and O–H groups in total. The van der Waals surface area contributed by atoms with Gasteiger partial charge in [0.2, 0.25) is 0 Å². The fourth-order valence-electron chi connectivity index (χ4n) is 1.27. The van der Waals surface area contributed by atoms with Gasteiger partial charge in [0.1, 0.15) is 0 Å². The van der Waals surface area contributed by atoms with Crippen LogP contribution in [0.1, 0.15) is 17.3 Å². The van der Waals surface area contributed by atoms with Crippen molar-refractivity contribution in [3.8, 4) is 0 Å². The van der Waals surface area contributed by atoms with Crippen molar-refractivity contribution in [3.05, 3.63) is 38.9 Å². The van der Waals surface area contributed by atoms with Crippen LogP contribution in [0.25, 0.3) is 0 Å². The van der Waals surface area contributed by atoms with E-state index < -0.39 is 29.6 Å². The number of nitrogens with zero attached hydrogens (tertiary/aromatic N) is 1. The van der Waals surface area contributed by atoms with Gasteiger partial charge in [-0.1, -0.05) is 11.6 Å². The predicted molar refractivity (Wildman–Crippen MR) is 68.1 cm³/mol. The molecule has 0 saturated heterocycles. The van der Waals surface area contributed by atoms with Crippen LogP contribution < -0.4 is 5.32 Å². The van der Waals surface area contributed by atoms with E-state index in [-0.39, 0.29) is 16.3 Å². The van der Waals surface area contributed by atoms with Gasteiger partial charge in [0.25, 0.3) is 11.6 Å². The summed E-state index contributed by atoms with van der Waals surface area (Å²) in [5.41, 5.74) is -1.39. The van der Waals surface area contributed by atoms with Gasteiger partial charge in [-0.25, -0.2) is 0 Å². The molecule has 1 amide bonds. The van der Waals surface area contributed by atoms with Crippen molar-refractivity contribution >= 4 is 23.2 Å². The molecule has 0 aromatic heterocycles. The second-order valence-electron chi connectivity index (χ2n) is 4.25. The van der Waals surface area contributed by atoms with Crippen LogP contribution in [0.2, 0.25) is 5.02 Å². The summed E-state index contributed by atoms with van der Waals surface area (Å²) in [5, 5.41) is 31.0. The van der Waals surface area contributed by atoms with E-state index in [9.17, 15) is 14.9 Å². The minimum atomic E-state index is -1.19. The Morgan fingerprint density at radius 1 is 1.47 bits per heavy atom. The zero-order chi connectivity index (χ0) is 14.6. The molecule has 1 rings (SSSR count). The number of halogens is 1. The monoisotopic (exact) mass is 288 g/mol. The van der Waals surface area contributed by atoms with Gasteiger partial charge in [-0.05, 0) is 13.0 Å². The molecule has 0 aliphatic heterocycles. The van der Waals surface area contributed by atoms with Crippen LogP contribution in [-0.4, -0.2) is 39.8 Å². The number of hydrogen-bond acceptors (Lipinski definition) is 5. The summed E-state index contributed by atoms with van der Waals surface area (Å²) in [4.78, 5) is 21.8. The maximum absolute atomic E-state index is 11.9. The first-order chi connectivity index (χ1) is 8.83. The van der Waals surface area contributed by atoms with Gasteiger partial charge in [-0.3, -0.25) is 14.9 Å². The number of rotatable bonds is 5. The second kappa shape index (κ2) is 5.96. The molecular formula is C11H13ClN2O5. The maximum Gasteiger partial charge on any atom is 0.270 e. The Kier molecular flexibility index (Phi) is 4.82. The molecule has 0 radical (unpaired) electrons. The van der Waals surface area contributed by atoms with Gasteiger partial charge < -0.3 is 15.5 Å². The lowest BCUT2D eigenvalue weighted by molar-refractivity contribution is -0.384. The average Bonchev–Trinajstić information content (AvgIpc) is 2.38. The highest BCUT2D eigenvalue weighted by Gasteiger charge is 2.26. The fraction of sp³-hybridized carbons (Fsp3) is 0.364. The van der Waals surface area contributed by atoms with E-state index >= 15 is 0 Å². The van der Waals surface area contributed by atoms with Crippen LogP contribution in [0.15, 0.2) is 18.2 Å². The number of non-ortho nitro benzene ring substituents is 1. The summed E-state index contributed by atoms with van der Waals surface area (Å²) < 4.78 is 0. The van der Waals surface area contributed by atoms with Crippen molar-refractivity contribution in [3.63, 3.8) is 0 Å². The lowest BCUT2D eigenvalue weighted by Gasteiger charge is -2.26. The van der Waals surface area contributed by atoms with E-state index in [4.69, 9.17) is 21.8 Å². The highest BCUT2D eigenvalue weighted by atomic mass is 35.5. The second-order valence-corrected chi connectivity index (χ2v) is 4.66. The molecule has 1 aromatic rings. The third-order valence-electron chi connectivity index (χ3n) is 2.52. The van der Waals surface area contributed by atoms with Gasteiger partial charge in [0.15, 0.2) is 0 Å². The first-order valence-corrected chi connectivity index (χ1v) is 5.69. The molecule has 0 unspecified atom stereocenters. The van der Waals surface area contributed by atoms with Crippen LogP contribution in [-0.2, 0) is 0 Å². The fourth-order valence-corrected chi connectivity index (χ4v) is 1.53. The molecule has 0 bridgehead atoms. The van der Waals surface area contributed by atoms with Gasteiger partial charge in [-0.2, -0.15) is 0 Å². The Balaban J connectivity index is 2.98. The Morgan fingerprint density at radius 2 is 2.05 bits per heavy atom. The van der Waals surface area contributed by atoms with Crippen molar-refractivity contribution < 1.29 is 19.9 Å². The van der Waals surface area contributed by atoms with Crippen LogP contribution in [0.4, 0.5) is 5.69 Å². The molecule has 0 fully saturated rings. The molecule has 7 nitrogen and oxygen atoms in total. The van der Waals surface area contributed by atoms with E-state index in [1.54, 1.807) is 0 Å². The number of carbonyl (C=O) groups is 1. The Hall–Kier alpha value is -1.70. The van der Waals surface area contributed by atoms with E-state index in [1.165, 1.54) is 13.0 Å². The molecule has 0 spiro atoms. The number of aliphatic hydroxyl groups excluding tert-OH is 2. The Morgan fingerprint density at radius 3 is 2.47 bits per heavy atom. The summed E-state index contributed by atoms with van der Waals surface area (Å²) in [5.74, 6) is -0.634. The standard InChI is InChI=1S/C11H13ClN2O5/c1-11(5-15,6-16)13-10(17)8-3-2-7(14(18)19)4-9(8)12/h2-4,15-16H,5-6H2,1H3,(H,13,17). The zero-order valence-electron chi connectivity index (χ0n) is 10.1. The van der Waals surface area contributed by atoms with E-state index in [0.29, 0.717) is 0 Å². The SMILES string of the molecule is CC(CO)(CO)NC(=O)c1ccc([N+](=O)[O-])cc1Cl. The van der Waals surface area contributed by atoms with Gasteiger partial charge in [-0.15, -0.1) is 0 Å². The number of amides is 1. The molecule has 0 heterocycles. The van der Waals surface area contributed by atoms with E-state index in [0.717, 1.165) is 12.1 Å². The molecule has 19 heavy (non-hydrogen) atoms. The van der Waals surface area contributed by atoms with Crippen LogP contribution in [0, 0.1) is 10.1 Å². The van der Waals surface area contributed by atoms with Crippen LogP contribution in [0.5, 0.6) is 0 Å². The first-order valence-electron chi connectivity index (χ1n) is 5.31. The third-order valence-corrected chi connectivity index (χ3v) is 2.83. The molecule has 1 aromatic carbocycles. The maximum atomic E-state index is 11.9. The summed E-state index contributed by atoms with van der Waals surface area (Å²) in [7, 11) is 0. The highest BCUT2D eigenvalue weighted by molar-refractivity contribution is 6.34. The highest BCUT2D eigenvalue weighted by Crippen LogP contribution is 2.22. The lowest BCUT2D eigenvalue weighted by atomic mass is 10.0. The van der Waals surface area contributed by atoms with Crippen molar-refractivity contribution in [2.24, 2.45) is 0 Å². The van der Waals surface area contributed by atoms with Gasteiger partial charge in [0, 0.05) is 12.1 Å². The minimum absolute atomic E-state index is 0.0281. The molecule has 0 saturated carbocycles. The molecule has 104 valence electrons. The minimum Gasteiger partial charge on any atom is -0.394 e. The van der Waals surface area contributed by atoms with Crippen molar-refractivity contribution in [2.45, 2.75) is 12.5 Å². The van der Waals surface area contributed by atoms with Crippen LogP contribution >= 0.6 is 11.6 Å². The number of nitrogens with one attached hydrogen (secondary N) is 1. The van der Waals surface area contributed by atoms with Crippen molar-refractivity contribution in [2.75, 3.05) is 13.2 Å². The molecule has 0 aliphatic carbocycles. The van der Waals surface area contributed by atoms with E-state index in [2.05, 4.69) is 5.32 Å². The van der Waals surface area contributed by atoms with Crippen molar-refractivity contribution in [1.82, 2.24) is 5.32 Å². The number of benzene rings is 1. The quantitative estimate of drug-likeness (QED) is 0.546. The summed E-state index contributed by atoms with van der Waals surface area (Å²) >= 11 is 5.79. The number of aliphatic hydroxyl groups is 2. The topological polar surface area (TPSA) is 113 Å². The summed E-state index contributed by atoms with van der Waals surface area (Å²) in [6, 6.07) is 3.42. The normalized spacial score (nSPS) is 11.2. The van der Waals surface area contributed by atoms with Gasteiger partial charge in [0.05, 0.1) is 34.3 Å². The molecule has 8 heteroatoms.